The number of hydrogen-bond donors (Lipinski definition) is 1. The lowest BCUT2D eigenvalue weighted by Gasteiger charge is -2.42. The number of carbonyl (C=O) groups excluding carboxylic acids is 2. The van der Waals surface area contributed by atoms with Gasteiger partial charge in [-0.15, -0.1) is 0 Å². The topological polar surface area (TPSA) is 49.4 Å². The number of rotatable bonds is 5. The Morgan fingerprint density at radius 3 is 2.76 bits per heavy atom. The second-order valence-electron chi connectivity index (χ2n) is 6.18. The summed E-state index contributed by atoms with van der Waals surface area (Å²) in [7, 11) is 0. The predicted octanol–water partition coefficient (Wildman–Crippen LogP) is 2.19. The number of amides is 2. The Balaban J connectivity index is 1.80. The molecule has 0 spiro atoms. The molecular weight excluding hydrogens is 284 g/mol. The van der Waals surface area contributed by atoms with Crippen molar-refractivity contribution < 1.29 is 9.59 Å². The fourth-order valence-electron chi connectivity index (χ4n) is 3.26. The number of nitrogens with zero attached hydrogens (tertiary/aromatic N) is 1. The first kappa shape index (κ1) is 14.6. The Hall–Kier alpha value is -1.36. The van der Waals surface area contributed by atoms with Crippen LogP contribution in [0.4, 0.5) is 0 Å². The lowest BCUT2D eigenvalue weighted by Crippen LogP contribution is -2.66. The van der Waals surface area contributed by atoms with E-state index in [-0.39, 0.29) is 29.9 Å². The van der Waals surface area contributed by atoms with E-state index in [1.807, 2.05) is 11.8 Å². The van der Waals surface area contributed by atoms with E-state index in [2.05, 4.69) is 29.1 Å². The number of piperazine rings is 1. The first-order valence-corrected chi connectivity index (χ1v) is 8.69. The monoisotopic (exact) mass is 306 g/mol. The lowest BCUT2D eigenvalue weighted by molar-refractivity contribution is -0.152. The van der Waals surface area contributed by atoms with Crippen LogP contribution in [0.3, 0.4) is 0 Å². The maximum atomic E-state index is 12.8. The molecule has 2 aliphatic rings. The van der Waals surface area contributed by atoms with Gasteiger partial charge in [0, 0.05) is 6.04 Å². The summed E-state index contributed by atoms with van der Waals surface area (Å²) in [6, 6.07) is 1.55. The standard InChI is InChI=1S/C16H22N2O2S/c1-3-13-15(19)17-14(12-4-5-12)16(20)18(13)10(2)8-11-6-7-21-9-11/h6-7,9-10,12-14H,3-5,8H2,1-2H3,(H,17,19). The van der Waals surface area contributed by atoms with Crippen LogP contribution in [-0.2, 0) is 16.0 Å². The number of thiophene rings is 1. The van der Waals surface area contributed by atoms with Gasteiger partial charge in [0.25, 0.3) is 0 Å². The largest absolute Gasteiger partial charge is 0.342 e. The highest BCUT2D eigenvalue weighted by molar-refractivity contribution is 7.07. The molecule has 3 rings (SSSR count). The average molecular weight is 306 g/mol. The highest BCUT2D eigenvalue weighted by Crippen LogP contribution is 2.36. The van der Waals surface area contributed by atoms with Gasteiger partial charge in [-0.25, -0.2) is 0 Å². The third-order valence-electron chi connectivity index (χ3n) is 4.52. The van der Waals surface area contributed by atoms with E-state index < -0.39 is 0 Å². The van der Waals surface area contributed by atoms with Crippen LogP contribution < -0.4 is 5.32 Å². The molecule has 2 heterocycles. The molecule has 1 saturated carbocycles. The maximum absolute atomic E-state index is 12.8. The molecule has 3 unspecified atom stereocenters. The third-order valence-corrected chi connectivity index (χ3v) is 5.25. The molecule has 1 saturated heterocycles. The summed E-state index contributed by atoms with van der Waals surface area (Å²) in [4.78, 5) is 27.0. The van der Waals surface area contributed by atoms with Crippen LogP contribution in [0.1, 0.15) is 38.7 Å². The Labute approximate surface area is 129 Å². The highest BCUT2D eigenvalue weighted by Gasteiger charge is 2.47. The van der Waals surface area contributed by atoms with E-state index >= 15 is 0 Å². The lowest BCUT2D eigenvalue weighted by atomic mass is 9.97. The number of carbonyl (C=O) groups is 2. The van der Waals surface area contributed by atoms with Crippen molar-refractivity contribution in [3.05, 3.63) is 22.4 Å². The van der Waals surface area contributed by atoms with E-state index in [9.17, 15) is 9.59 Å². The van der Waals surface area contributed by atoms with Gasteiger partial charge in [0.05, 0.1) is 0 Å². The first-order chi connectivity index (χ1) is 10.1. The summed E-state index contributed by atoms with van der Waals surface area (Å²) >= 11 is 1.67. The second kappa shape index (κ2) is 5.79. The molecule has 1 N–H and O–H groups in total. The number of hydrogen-bond acceptors (Lipinski definition) is 3. The van der Waals surface area contributed by atoms with Gasteiger partial charge in [0.2, 0.25) is 11.8 Å². The van der Waals surface area contributed by atoms with Crippen molar-refractivity contribution in [3.63, 3.8) is 0 Å². The molecule has 0 radical (unpaired) electrons. The van der Waals surface area contributed by atoms with Crippen molar-refractivity contribution in [2.24, 2.45) is 5.92 Å². The summed E-state index contributed by atoms with van der Waals surface area (Å²) < 4.78 is 0. The Morgan fingerprint density at radius 1 is 1.43 bits per heavy atom. The molecule has 114 valence electrons. The quantitative estimate of drug-likeness (QED) is 0.906. The molecule has 1 aliphatic heterocycles. The summed E-state index contributed by atoms with van der Waals surface area (Å²) in [5.41, 5.74) is 1.24. The zero-order valence-corrected chi connectivity index (χ0v) is 13.4. The van der Waals surface area contributed by atoms with Gasteiger partial charge in [0.15, 0.2) is 0 Å². The van der Waals surface area contributed by atoms with E-state index in [1.165, 1.54) is 5.56 Å². The molecule has 0 bridgehead atoms. The van der Waals surface area contributed by atoms with E-state index in [1.54, 1.807) is 11.3 Å². The zero-order valence-electron chi connectivity index (χ0n) is 12.5. The Morgan fingerprint density at radius 2 is 2.19 bits per heavy atom. The molecule has 2 amide bonds. The minimum absolute atomic E-state index is 0.0196. The van der Waals surface area contributed by atoms with Crippen molar-refractivity contribution in [1.82, 2.24) is 10.2 Å². The van der Waals surface area contributed by atoms with E-state index in [4.69, 9.17) is 0 Å². The molecule has 5 heteroatoms. The first-order valence-electron chi connectivity index (χ1n) is 7.75. The molecule has 1 aliphatic carbocycles. The van der Waals surface area contributed by atoms with E-state index in [0.717, 1.165) is 19.3 Å². The van der Waals surface area contributed by atoms with Gasteiger partial charge in [-0.2, -0.15) is 11.3 Å². The van der Waals surface area contributed by atoms with Crippen LogP contribution >= 0.6 is 11.3 Å². The molecule has 4 nitrogen and oxygen atoms in total. The van der Waals surface area contributed by atoms with Crippen molar-refractivity contribution in [3.8, 4) is 0 Å². The van der Waals surface area contributed by atoms with Crippen LogP contribution in [-0.4, -0.2) is 34.8 Å². The summed E-state index contributed by atoms with van der Waals surface area (Å²) in [6.45, 7) is 4.03. The van der Waals surface area contributed by atoms with Crippen molar-refractivity contribution >= 4 is 23.2 Å². The molecule has 21 heavy (non-hydrogen) atoms. The van der Waals surface area contributed by atoms with Crippen LogP contribution in [0.15, 0.2) is 16.8 Å². The summed E-state index contributed by atoms with van der Waals surface area (Å²) in [6.07, 6.45) is 3.60. The van der Waals surface area contributed by atoms with Crippen molar-refractivity contribution in [2.45, 2.75) is 57.7 Å². The van der Waals surface area contributed by atoms with Crippen LogP contribution in [0.5, 0.6) is 0 Å². The average Bonchev–Trinajstić information content (AvgIpc) is 3.18. The van der Waals surface area contributed by atoms with Crippen molar-refractivity contribution in [1.29, 1.82) is 0 Å². The highest BCUT2D eigenvalue weighted by atomic mass is 32.1. The molecule has 1 aromatic heterocycles. The smallest absolute Gasteiger partial charge is 0.246 e. The number of nitrogens with one attached hydrogen (secondary N) is 1. The minimum Gasteiger partial charge on any atom is -0.342 e. The fraction of sp³-hybridized carbons (Fsp3) is 0.625. The van der Waals surface area contributed by atoms with Gasteiger partial charge in [-0.05, 0) is 60.9 Å². The van der Waals surface area contributed by atoms with Gasteiger partial charge >= 0.3 is 0 Å². The summed E-state index contributed by atoms with van der Waals surface area (Å²) in [5.74, 6) is 0.493. The fourth-order valence-corrected chi connectivity index (χ4v) is 3.94. The van der Waals surface area contributed by atoms with E-state index in [0.29, 0.717) is 12.3 Å². The maximum Gasteiger partial charge on any atom is 0.246 e. The second-order valence-corrected chi connectivity index (χ2v) is 6.96. The predicted molar refractivity (Wildman–Crippen MR) is 83.1 cm³/mol. The Bertz CT molecular complexity index is 524. The zero-order chi connectivity index (χ0) is 15.0. The van der Waals surface area contributed by atoms with Gasteiger partial charge in [-0.3, -0.25) is 9.59 Å². The van der Waals surface area contributed by atoms with Gasteiger partial charge in [0.1, 0.15) is 12.1 Å². The molecule has 2 fully saturated rings. The molecule has 3 atom stereocenters. The molecule has 1 aromatic rings. The van der Waals surface area contributed by atoms with Crippen molar-refractivity contribution in [2.75, 3.05) is 0 Å². The third kappa shape index (κ3) is 2.84. The SMILES string of the molecule is CCC1C(=O)NC(C2CC2)C(=O)N1C(C)Cc1ccsc1. The molecular formula is C16H22N2O2S. The Kier molecular flexibility index (Phi) is 4.02. The molecule has 0 aromatic carbocycles. The van der Waals surface area contributed by atoms with Gasteiger partial charge < -0.3 is 10.2 Å². The van der Waals surface area contributed by atoms with Crippen LogP contribution in [0, 0.1) is 5.92 Å². The minimum atomic E-state index is -0.318. The van der Waals surface area contributed by atoms with Gasteiger partial charge in [-0.1, -0.05) is 6.92 Å². The summed E-state index contributed by atoms with van der Waals surface area (Å²) in [5, 5.41) is 7.11. The van der Waals surface area contributed by atoms with Crippen LogP contribution in [0.25, 0.3) is 0 Å². The normalized spacial score (nSPS) is 27.6. The van der Waals surface area contributed by atoms with Crippen LogP contribution in [0.2, 0.25) is 0 Å².